The van der Waals surface area contributed by atoms with E-state index in [0.717, 1.165) is 17.9 Å². The molecule has 2 rings (SSSR count). The summed E-state index contributed by atoms with van der Waals surface area (Å²) in [7, 11) is 0. The second kappa shape index (κ2) is 6.34. The van der Waals surface area contributed by atoms with Crippen molar-refractivity contribution < 1.29 is 4.74 Å². The number of hydrogen-bond donors (Lipinski definition) is 1. The van der Waals surface area contributed by atoms with Gasteiger partial charge in [0.05, 0.1) is 5.69 Å². The van der Waals surface area contributed by atoms with Gasteiger partial charge in [-0.2, -0.15) is 0 Å². The van der Waals surface area contributed by atoms with Crippen LogP contribution >= 0.6 is 0 Å². The molecule has 0 bridgehead atoms. The third kappa shape index (κ3) is 3.32. The molecule has 0 aliphatic carbocycles. The number of aryl methyl sites for hydroxylation is 1. The fourth-order valence-corrected chi connectivity index (χ4v) is 2.03. The van der Waals surface area contributed by atoms with Gasteiger partial charge >= 0.3 is 0 Å². The van der Waals surface area contributed by atoms with E-state index in [1.165, 1.54) is 5.56 Å². The van der Waals surface area contributed by atoms with Crippen LogP contribution in [0.15, 0.2) is 48.7 Å². The van der Waals surface area contributed by atoms with E-state index >= 15 is 0 Å². The van der Waals surface area contributed by atoms with Gasteiger partial charge in [0.15, 0.2) is 6.10 Å². The molecule has 3 nitrogen and oxygen atoms in total. The first kappa shape index (κ1) is 13.6. The van der Waals surface area contributed by atoms with Crippen LogP contribution in [0.2, 0.25) is 0 Å². The van der Waals surface area contributed by atoms with E-state index in [1.807, 2.05) is 43.3 Å². The van der Waals surface area contributed by atoms with Crippen LogP contribution in [0, 0.1) is 0 Å². The smallest absolute Gasteiger partial charge is 0.155 e. The lowest BCUT2D eigenvalue weighted by Gasteiger charge is -2.23. The normalized spacial score (nSPS) is 13.8. The van der Waals surface area contributed by atoms with Crippen molar-refractivity contribution >= 4 is 0 Å². The number of benzene rings is 1. The van der Waals surface area contributed by atoms with Crippen molar-refractivity contribution in [1.29, 1.82) is 0 Å². The van der Waals surface area contributed by atoms with Crippen molar-refractivity contribution in [2.24, 2.45) is 5.73 Å². The largest absolute Gasteiger partial charge is 0.482 e. The molecule has 0 amide bonds. The molecule has 1 aromatic carbocycles. The van der Waals surface area contributed by atoms with Crippen LogP contribution in [-0.4, -0.2) is 11.0 Å². The minimum Gasteiger partial charge on any atom is -0.482 e. The third-order valence-corrected chi connectivity index (χ3v) is 3.06. The second-order valence-corrected chi connectivity index (χ2v) is 4.61. The molecule has 0 aliphatic heterocycles. The number of pyridine rings is 1. The zero-order chi connectivity index (χ0) is 13.7. The van der Waals surface area contributed by atoms with Crippen LogP contribution in [0.3, 0.4) is 0 Å². The van der Waals surface area contributed by atoms with E-state index in [4.69, 9.17) is 10.5 Å². The first-order valence-corrected chi connectivity index (χ1v) is 6.63. The Labute approximate surface area is 114 Å². The molecule has 2 aromatic rings. The van der Waals surface area contributed by atoms with Crippen LogP contribution in [0.4, 0.5) is 0 Å². The highest BCUT2D eigenvalue weighted by atomic mass is 16.5. The molecule has 1 aromatic heterocycles. The van der Waals surface area contributed by atoms with Crippen molar-refractivity contribution in [3.05, 3.63) is 59.9 Å². The summed E-state index contributed by atoms with van der Waals surface area (Å²) in [6, 6.07) is 13.7. The average Bonchev–Trinajstić information content (AvgIpc) is 2.45. The Morgan fingerprint density at radius 3 is 2.53 bits per heavy atom. The quantitative estimate of drug-likeness (QED) is 0.894. The maximum absolute atomic E-state index is 6.10. The predicted octanol–water partition coefficient (Wildman–Crippen LogP) is 3.11. The van der Waals surface area contributed by atoms with Gasteiger partial charge in [-0.3, -0.25) is 4.98 Å². The molecule has 2 N–H and O–H groups in total. The SMILES string of the molecule is CCc1ccccc1OC(c1ccccn1)C(C)N. The van der Waals surface area contributed by atoms with Crippen molar-refractivity contribution in [3.8, 4) is 5.75 Å². The molecule has 100 valence electrons. The van der Waals surface area contributed by atoms with Crippen molar-refractivity contribution in [2.45, 2.75) is 32.4 Å². The van der Waals surface area contributed by atoms with Crippen LogP contribution in [0.5, 0.6) is 5.75 Å². The van der Waals surface area contributed by atoms with Crippen molar-refractivity contribution in [1.82, 2.24) is 4.98 Å². The Kier molecular flexibility index (Phi) is 4.53. The molecule has 0 spiro atoms. The maximum atomic E-state index is 6.10. The van der Waals surface area contributed by atoms with E-state index < -0.39 is 0 Å². The zero-order valence-electron chi connectivity index (χ0n) is 11.4. The molecule has 2 atom stereocenters. The minimum absolute atomic E-state index is 0.125. The summed E-state index contributed by atoms with van der Waals surface area (Å²) in [4.78, 5) is 4.35. The molecule has 2 unspecified atom stereocenters. The van der Waals surface area contributed by atoms with Gasteiger partial charge in [-0.05, 0) is 37.1 Å². The second-order valence-electron chi connectivity index (χ2n) is 4.61. The summed E-state index contributed by atoms with van der Waals surface area (Å²) in [5.41, 5.74) is 8.09. The number of rotatable bonds is 5. The molecule has 0 radical (unpaired) electrons. The van der Waals surface area contributed by atoms with Crippen LogP contribution in [0.25, 0.3) is 0 Å². The van der Waals surface area contributed by atoms with Gasteiger partial charge in [-0.1, -0.05) is 31.2 Å². The minimum atomic E-state index is -0.228. The molecular formula is C16H20N2O. The van der Waals surface area contributed by atoms with Crippen LogP contribution < -0.4 is 10.5 Å². The number of ether oxygens (including phenoxy) is 1. The molecular weight excluding hydrogens is 236 g/mol. The van der Waals surface area contributed by atoms with E-state index in [1.54, 1.807) is 6.20 Å². The standard InChI is InChI=1S/C16H20N2O/c1-3-13-8-4-5-10-15(13)19-16(12(2)17)14-9-6-7-11-18-14/h4-12,16H,3,17H2,1-2H3. The maximum Gasteiger partial charge on any atom is 0.155 e. The Morgan fingerprint density at radius 2 is 1.89 bits per heavy atom. The topological polar surface area (TPSA) is 48.1 Å². The van der Waals surface area contributed by atoms with Gasteiger partial charge in [0, 0.05) is 12.2 Å². The number of aromatic nitrogens is 1. The van der Waals surface area contributed by atoms with E-state index in [2.05, 4.69) is 18.0 Å². The molecule has 19 heavy (non-hydrogen) atoms. The van der Waals surface area contributed by atoms with E-state index in [0.29, 0.717) is 0 Å². The van der Waals surface area contributed by atoms with Crippen LogP contribution in [-0.2, 0) is 6.42 Å². The highest BCUT2D eigenvalue weighted by Gasteiger charge is 2.20. The van der Waals surface area contributed by atoms with Crippen LogP contribution in [0.1, 0.15) is 31.2 Å². The summed E-state index contributed by atoms with van der Waals surface area (Å²) in [5.74, 6) is 0.887. The van der Waals surface area contributed by atoms with Gasteiger partial charge in [-0.25, -0.2) is 0 Å². The lowest BCUT2D eigenvalue weighted by molar-refractivity contribution is 0.174. The predicted molar refractivity (Wildman–Crippen MR) is 77.1 cm³/mol. The number of nitrogens with two attached hydrogens (primary N) is 1. The van der Waals surface area contributed by atoms with E-state index in [-0.39, 0.29) is 12.1 Å². The fraction of sp³-hybridized carbons (Fsp3) is 0.312. The molecule has 0 saturated carbocycles. The van der Waals surface area contributed by atoms with Crippen molar-refractivity contribution in [3.63, 3.8) is 0 Å². The summed E-state index contributed by atoms with van der Waals surface area (Å²) in [6.07, 6.45) is 2.47. The number of hydrogen-bond acceptors (Lipinski definition) is 3. The molecule has 1 heterocycles. The summed E-state index contributed by atoms with van der Waals surface area (Å²) < 4.78 is 6.10. The highest BCUT2D eigenvalue weighted by molar-refractivity contribution is 5.34. The van der Waals surface area contributed by atoms with Crippen molar-refractivity contribution in [2.75, 3.05) is 0 Å². The third-order valence-electron chi connectivity index (χ3n) is 3.06. The van der Waals surface area contributed by atoms with Gasteiger partial charge < -0.3 is 10.5 Å². The summed E-state index contributed by atoms with van der Waals surface area (Å²) in [6.45, 7) is 4.05. The summed E-state index contributed by atoms with van der Waals surface area (Å²) in [5, 5.41) is 0. The Hall–Kier alpha value is -1.87. The fourth-order valence-electron chi connectivity index (χ4n) is 2.03. The van der Waals surface area contributed by atoms with Gasteiger partial charge in [0.1, 0.15) is 5.75 Å². The molecule has 0 fully saturated rings. The lowest BCUT2D eigenvalue weighted by atomic mass is 10.1. The van der Waals surface area contributed by atoms with Gasteiger partial charge in [0.25, 0.3) is 0 Å². The first-order valence-electron chi connectivity index (χ1n) is 6.63. The molecule has 0 aliphatic rings. The van der Waals surface area contributed by atoms with Gasteiger partial charge in [-0.15, -0.1) is 0 Å². The Morgan fingerprint density at radius 1 is 1.16 bits per heavy atom. The molecule has 0 saturated heterocycles. The number of nitrogens with zero attached hydrogens (tertiary/aromatic N) is 1. The average molecular weight is 256 g/mol. The Balaban J connectivity index is 2.27. The highest BCUT2D eigenvalue weighted by Crippen LogP contribution is 2.26. The zero-order valence-corrected chi connectivity index (χ0v) is 11.4. The number of para-hydroxylation sites is 1. The Bertz CT molecular complexity index is 511. The first-order chi connectivity index (χ1) is 9.22. The van der Waals surface area contributed by atoms with E-state index in [9.17, 15) is 0 Å². The van der Waals surface area contributed by atoms with Gasteiger partial charge in [0.2, 0.25) is 0 Å². The monoisotopic (exact) mass is 256 g/mol. The molecule has 3 heteroatoms. The summed E-state index contributed by atoms with van der Waals surface area (Å²) >= 11 is 0. The lowest BCUT2D eigenvalue weighted by Crippen LogP contribution is -2.29.